The van der Waals surface area contributed by atoms with Gasteiger partial charge in [-0.25, -0.2) is 0 Å². The maximum atomic E-state index is 6.19. The predicted molar refractivity (Wildman–Crippen MR) is 58.4 cm³/mol. The smallest absolute Gasteiger partial charge is 0.0662 e. The van der Waals surface area contributed by atoms with Crippen molar-refractivity contribution in [1.29, 1.82) is 0 Å². The second-order valence-corrected chi connectivity index (χ2v) is 4.43. The number of hydrogen-bond donors (Lipinski definition) is 2. The number of aromatic nitrogens is 1. The van der Waals surface area contributed by atoms with E-state index < -0.39 is 0 Å². The number of halogens is 1. The van der Waals surface area contributed by atoms with Crippen LogP contribution in [0.25, 0.3) is 10.9 Å². The fourth-order valence-electron chi connectivity index (χ4n) is 1.96. The van der Waals surface area contributed by atoms with E-state index in [1.165, 1.54) is 5.56 Å². The molecule has 0 bridgehead atoms. The van der Waals surface area contributed by atoms with Crippen LogP contribution in [0.4, 0.5) is 0 Å². The summed E-state index contributed by atoms with van der Waals surface area (Å²) in [5, 5.41) is 1.86. The first kappa shape index (κ1) is 8.33. The molecule has 0 saturated heterocycles. The molecule has 0 unspecified atom stereocenters. The Labute approximate surface area is 87.1 Å². The fraction of sp³-hybridized carbons (Fsp3) is 0.273. The highest BCUT2D eigenvalue weighted by Gasteiger charge is 2.41. The standard InChI is InChI=1S/C11H11ClN2/c12-8-6-14-9-3-1-2-7(10(8)9)11(13)4-5-11/h1-3,6,14H,4-5,13H2. The summed E-state index contributed by atoms with van der Waals surface area (Å²) >= 11 is 6.12. The summed E-state index contributed by atoms with van der Waals surface area (Å²) < 4.78 is 0. The Kier molecular flexibility index (Phi) is 1.50. The average molecular weight is 207 g/mol. The number of fused-ring (bicyclic) bond motifs is 1. The molecule has 2 aromatic rings. The normalized spacial score (nSPS) is 18.7. The fourth-order valence-corrected chi connectivity index (χ4v) is 2.22. The van der Waals surface area contributed by atoms with Gasteiger partial charge in [0.1, 0.15) is 0 Å². The van der Waals surface area contributed by atoms with Crippen LogP contribution < -0.4 is 5.73 Å². The molecule has 0 atom stereocenters. The van der Waals surface area contributed by atoms with Crippen molar-refractivity contribution in [2.24, 2.45) is 5.73 Å². The molecule has 1 aromatic heterocycles. The summed E-state index contributed by atoms with van der Waals surface area (Å²) in [6.07, 6.45) is 3.95. The Hall–Kier alpha value is -0.990. The molecule has 0 aliphatic heterocycles. The van der Waals surface area contributed by atoms with Crippen molar-refractivity contribution in [3.63, 3.8) is 0 Å². The Morgan fingerprint density at radius 1 is 1.36 bits per heavy atom. The van der Waals surface area contributed by atoms with E-state index in [0.717, 1.165) is 28.8 Å². The minimum absolute atomic E-state index is 0.120. The van der Waals surface area contributed by atoms with Gasteiger partial charge < -0.3 is 10.7 Å². The molecule has 3 heteroatoms. The lowest BCUT2D eigenvalue weighted by Gasteiger charge is -2.10. The molecule has 1 aromatic carbocycles. The number of nitrogens with two attached hydrogens (primary N) is 1. The zero-order valence-electron chi connectivity index (χ0n) is 7.68. The van der Waals surface area contributed by atoms with Crippen molar-refractivity contribution >= 4 is 22.5 Å². The average Bonchev–Trinajstić information content (AvgIpc) is 2.83. The van der Waals surface area contributed by atoms with Crippen molar-refractivity contribution in [3.05, 3.63) is 35.0 Å². The number of nitrogens with one attached hydrogen (secondary N) is 1. The summed E-state index contributed by atoms with van der Waals surface area (Å²) in [6, 6.07) is 6.13. The van der Waals surface area contributed by atoms with E-state index in [2.05, 4.69) is 11.1 Å². The first-order valence-corrected chi connectivity index (χ1v) is 5.13. The summed E-state index contributed by atoms with van der Waals surface area (Å²) in [7, 11) is 0. The molecular formula is C11H11ClN2. The van der Waals surface area contributed by atoms with Crippen LogP contribution in [0, 0.1) is 0 Å². The second kappa shape index (κ2) is 2.53. The maximum Gasteiger partial charge on any atom is 0.0662 e. The van der Waals surface area contributed by atoms with Crippen molar-refractivity contribution in [3.8, 4) is 0 Å². The van der Waals surface area contributed by atoms with E-state index in [9.17, 15) is 0 Å². The van der Waals surface area contributed by atoms with Gasteiger partial charge in [0.2, 0.25) is 0 Å². The van der Waals surface area contributed by atoms with Gasteiger partial charge in [0, 0.05) is 22.6 Å². The third-order valence-electron chi connectivity index (χ3n) is 2.98. The molecule has 0 amide bonds. The van der Waals surface area contributed by atoms with Crippen LogP contribution in [0.2, 0.25) is 5.02 Å². The van der Waals surface area contributed by atoms with Crippen LogP contribution in [-0.2, 0) is 5.54 Å². The minimum Gasteiger partial charge on any atom is -0.360 e. The lowest BCUT2D eigenvalue weighted by atomic mass is 10.0. The van der Waals surface area contributed by atoms with Gasteiger partial charge in [0.15, 0.2) is 0 Å². The van der Waals surface area contributed by atoms with Gasteiger partial charge in [0.05, 0.1) is 5.02 Å². The van der Waals surface area contributed by atoms with E-state index in [1.807, 2.05) is 18.3 Å². The van der Waals surface area contributed by atoms with Gasteiger partial charge in [0.25, 0.3) is 0 Å². The third kappa shape index (κ3) is 1.01. The Morgan fingerprint density at radius 3 is 2.86 bits per heavy atom. The topological polar surface area (TPSA) is 41.8 Å². The van der Waals surface area contributed by atoms with Crippen LogP contribution in [0.3, 0.4) is 0 Å². The molecule has 72 valence electrons. The first-order chi connectivity index (χ1) is 6.71. The highest BCUT2D eigenvalue weighted by molar-refractivity contribution is 6.35. The Balaban J connectivity index is 2.37. The van der Waals surface area contributed by atoms with Gasteiger partial charge >= 0.3 is 0 Å². The van der Waals surface area contributed by atoms with Crippen LogP contribution in [0.5, 0.6) is 0 Å². The van der Waals surface area contributed by atoms with Crippen molar-refractivity contribution < 1.29 is 0 Å². The first-order valence-electron chi connectivity index (χ1n) is 4.76. The summed E-state index contributed by atoms with van der Waals surface area (Å²) in [5.74, 6) is 0. The molecule has 1 aliphatic rings. The molecule has 1 saturated carbocycles. The van der Waals surface area contributed by atoms with E-state index in [0.29, 0.717) is 0 Å². The van der Waals surface area contributed by atoms with Gasteiger partial charge in [-0.15, -0.1) is 0 Å². The van der Waals surface area contributed by atoms with Crippen LogP contribution in [0.15, 0.2) is 24.4 Å². The second-order valence-electron chi connectivity index (χ2n) is 4.02. The van der Waals surface area contributed by atoms with Gasteiger partial charge in [-0.3, -0.25) is 0 Å². The largest absolute Gasteiger partial charge is 0.360 e. The summed E-state index contributed by atoms with van der Waals surface area (Å²) in [4.78, 5) is 3.14. The maximum absolute atomic E-state index is 6.19. The molecule has 3 N–H and O–H groups in total. The van der Waals surface area contributed by atoms with E-state index >= 15 is 0 Å². The highest BCUT2D eigenvalue weighted by Crippen LogP contribution is 2.46. The molecule has 1 fully saturated rings. The molecular weight excluding hydrogens is 196 g/mol. The predicted octanol–water partition coefficient (Wildman–Crippen LogP) is 2.77. The van der Waals surface area contributed by atoms with Gasteiger partial charge in [-0.2, -0.15) is 0 Å². The van der Waals surface area contributed by atoms with Crippen LogP contribution >= 0.6 is 11.6 Å². The van der Waals surface area contributed by atoms with Crippen LogP contribution in [0.1, 0.15) is 18.4 Å². The highest BCUT2D eigenvalue weighted by atomic mass is 35.5. The molecule has 2 nitrogen and oxygen atoms in total. The van der Waals surface area contributed by atoms with Gasteiger partial charge in [-0.05, 0) is 24.5 Å². The summed E-state index contributed by atoms with van der Waals surface area (Å²) in [5.41, 5.74) is 8.32. The van der Waals surface area contributed by atoms with Gasteiger partial charge in [-0.1, -0.05) is 23.7 Å². The minimum atomic E-state index is -0.120. The molecule has 1 heterocycles. The number of H-pyrrole nitrogens is 1. The number of benzene rings is 1. The number of hydrogen-bond acceptors (Lipinski definition) is 1. The zero-order chi connectivity index (χ0) is 9.76. The SMILES string of the molecule is NC1(c2cccc3[nH]cc(Cl)c23)CC1. The molecule has 1 aliphatic carbocycles. The zero-order valence-corrected chi connectivity index (χ0v) is 8.43. The summed E-state index contributed by atoms with van der Waals surface area (Å²) in [6.45, 7) is 0. The Morgan fingerprint density at radius 2 is 2.14 bits per heavy atom. The molecule has 0 radical (unpaired) electrons. The monoisotopic (exact) mass is 206 g/mol. The van der Waals surface area contributed by atoms with E-state index in [-0.39, 0.29) is 5.54 Å². The quantitative estimate of drug-likeness (QED) is 0.740. The van der Waals surface area contributed by atoms with Crippen LogP contribution in [-0.4, -0.2) is 4.98 Å². The molecule has 0 spiro atoms. The Bertz CT molecular complexity index is 497. The van der Waals surface area contributed by atoms with Crippen molar-refractivity contribution in [1.82, 2.24) is 4.98 Å². The third-order valence-corrected chi connectivity index (χ3v) is 3.28. The lowest BCUT2D eigenvalue weighted by molar-refractivity contribution is 0.748. The van der Waals surface area contributed by atoms with Crippen molar-refractivity contribution in [2.45, 2.75) is 18.4 Å². The van der Waals surface area contributed by atoms with Crippen molar-refractivity contribution in [2.75, 3.05) is 0 Å². The number of aromatic amines is 1. The number of rotatable bonds is 1. The lowest BCUT2D eigenvalue weighted by Crippen LogP contribution is -2.18. The molecule has 14 heavy (non-hydrogen) atoms. The van der Waals surface area contributed by atoms with E-state index in [1.54, 1.807) is 0 Å². The molecule has 3 rings (SSSR count). The van der Waals surface area contributed by atoms with E-state index in [4.69, 9.17) is 17.3 Å².